The summed E-state index contributed by atoms with van der Waals surface area (Å²) in [6, 6.07) is 9.29. The third-order valence-electron chi connectivity index (χ3n) is 8.08. The molecule has 1 saturated carbocycles. The van der Waals surface area contributed by atoms with Crippen LogP contribution in [0.5, 0.6) is 5.75 Å². The molecule has 4 fully saturated rings. The Balaban J connectivity index is 1.47. The molecule has 0 radical (unpaired) electrons. The van der Waals surface area contributed by atoms with Gasteiger partial charge in [-0.2, -0.15) is 0 Å². The molecule has 5 nitrogen and oxygen atoms in total. The normalized spacial score (nSPS) is 28.3. The molecule has 1 aromatic carbocycles. The van der Waals surface area contributed by atoms with Crippen LogP contribution in [0.4, 0.5) is 0 Å². The number of aromatic nitrogens is 1. The first-order valence-corrected chi connectivity index (χ1v) is 12.9. The summed E-state index contributed by atoms with van der Waals surface area (Å²) in [5.74, 6) is 2.15. The molecule has 1 unspecified atom stereocenters. The number of thiocarbonyl (C=S) groups is 1. The van der Waals surface area contributed by atoms with Crippen LogP contribution in [0, 0.1) is 11.8 Å². The molecule has 3 aliphatic heterocycles. The number of ether oxygens (including phenoxy) is 1. The fourth-order valence-electron chi connectivity index (χ4n) is 6.27. The summed E-state index contributed by atoms with van der Waals surface area (Å²) < 4.78 is 5.55. The molecule has 2 bridgehead atoms. The van der Waals surface area contributed by atoms with Gasteiger partial charge >= 0.3 is 0 Å². The van der Waals surface area contributed by atoms with Crippen molar-refractivity contribution in [1.82, 2.24) is 20.5 Å². The highest BCUT2D eigenvalue weighted by Crippen LogP contribution is 2.42. The van der Waals surface area contributed by atoms with Gasteiger partial charge in [0.1, 0.15) is 5.75 Å². The average Bonchev–Trinajstić information content (AvgIpc) is 2.87. The number of fused-ring (bicyclic) bond motifs is 4. The molecule has 4 heterocycles. The Morgan fingerprint density at radius 2 is 2.09 bits per heavy atom. The zero-order chi connectivity index (χ0) is 22.8. The van der Waals surface area contributed by atoms with Gasteiger partial charge in [0.2, 0.25) is 0 Å². The quantitative estimate of drug-likeness (QED) is 0.465. The Labute approximate surface area is 203 Å². The molecule has 6 rings (SSSR count). The second kappa shape index (κ2) is 9.98. The summed E-state index contributed by atoms with van der Waals surface area (Å²) in [4.78, 5) is 7.28. The molecular formula is C27H36N4OS. The molecule has 2 aromatic rings. The van der Waals surface area contributed by atoms with Crippen molar-refractivity contribution < 1.29 is 4.74 Å². The minimum Gasteiger partial charge on any atom is -0.497 e. The highest BCUT2D eigenvalue weighted by atomic mass is 32.1. The summed E-state index contributed by atoms with van der Waals surface area (Å²) in [6.07, 6.45) is 12.9. The largest absolute Gasteiger partial charge is 0.497 e. The molecule has 1 aliphatic carbocycles. The number of piperidine rings is 3. The van der Waals surface area contributed by atoms with E-state index in [0.717, 1.165) is 41.3 Å². The van der Waals surface area contributed by atoms with Crippen LogP contribution >= 0.6 is 12.2 Å². The summed E-state index contributed by atoms with van der Waals surface area (Å²) >= 11 is 5.89. The smallest absolute Gasteiger partial charge is 0.167 e. The van der Waals surface area contributed by atoms with Crippen LogP contribution in [0.15, 0.2) is 43.1 Å². The van der Waals surface area contributed by atoms with Crippen molar-refractivity contribution >= 4 is 28.2 Å². The van der Waals surface area contributed by atoms with Crippen LogP contribution in [0.2, 0.25) is 0 Å². The summed E-state index contributed by atoms with van der Waals surface area (Å²) in [5.41, 5.74) is 2.24. The summed E-state index contributed by atoms with van der Waals surface area (Å²) in [7, 11) is 1.72. The van der Waals surface area contributed by atoms with Gasteiger partial charge in [-0.05, 0) is 86.1 Å². The number of rotatable bonds is 6. The molecule has 176 valence electrons. The Hall–Kier alpha value is -2.18. The van der Waals surface area contributed by atoms with E-state index in [1.54, 1.807) is 7.11 Å². The van der Waals surface area contributed by atoms with Crippen LogP contribution in [-0.4, -0.2) is 47.3 Å². The van der Waals surface area contributed by atoms with Crippen molar-refractivity contribution in [3.05, 3.63) is 48.7 Å². The molecule has 33 heavy (non-hydrogen) atoms. The highest BCUT2D eigenvalue weighted by Gasteiger charge is 2.43. The third-order valence-corrected chi connectivity index (χ3v) is 8.32. The third kappa shape index (κ3) is 4.73. The van der Waals surface area contributed by atoms with Crippen molar-refractivity contribution in [2.24, 2.45) is 11.8 Å². The first-order valence-electron chi connectivity index (χ1n) is 12.5. The number of hydrogen-bond acceptors (Lipinski definition) is 4. The second-order valence-corrected chi connectivity index (χ2v) is 10.4. The lowest BCUT2D eigenvalue weighted by Crippen LogP contribution is -2.58. The van der Waals surface area contributed by atoms with Gasteiger partial charge in [0.15, 0.2) is 5.11 Å². The van der Waals surface area contributed by atoms with Gasteiger partial charge in [0.25, 0.3) is 0 Å². The lowest BCUT2D eigenvalue weighted by atomic mass is 9.73. The fraction of sp³-hybridized carbons (Fsp3) is 0.556. The van der Waals surface area contributed by atoms with E-state index in [9.17, 15) is 0 Å². The molecule has 0 spiro atoms. The highest BCUT2D eigenvalue weighted by molar-refractivity contribution is 7.80. The van der Waals surface area contributed by atoms with Gasteiger partial charge < -0.3 is 15.4 Å². The van der Waals surface area contributed by atoms with E-state index in [0.29, 0.717) is 23.9 Å². The van der Waals surface area contributed by atoms with Crippen LogP contribution < -0.4 is 15.4 Å². The predicted molar refractivity (Wildman–Crippen MR) is 139 cm³/mol. The van der Waals surface area contributed by atoms with Gasteiger partial charge in [-0.15, -0.1) is 6.58 Å². The second-order valence-electron chi connectivity index (χ2n) is 9.96. The molecule has 5 atom stereocenters. The van der Waals surface area contributed by atoms with E-state index in [2.05, 4.69) is 45.3 Å². The maximum Gasteiger partial charge on any atom is 0.167 e. The van der Waals surface area contributed by atoms with Gasteiger partial charge in [-0.25, -0.2) is 0 Å². The zero-order valence-electron chi connectivity index (χ0n) is 19.6. The number of nitrogens with one attached hydrogen (secondary N) is 2. The Morgan fingerprint density at radius 3 is 2.82 bits per heavy atom. The summed E-state index contributed by atoms with van der Waals surface area (Å²) in [5, 5.41) is 9.34. The molecular weight excluding hydrogens is 428 g/mol. The molecule has 3 saturated heterocycles. The topological polar surface area (TPSA) is 49.4 Å². The molecule has 2 N–H and O–H groups in total. The maximum absolute atomic E-state index is 5.89. The van der Waals surface area contributed by atoms with Gasteiger partial charge in [-0.1, -0.05) is 25.3 Å². The van der Waals surface area contributed by atoms with E-state index in [1.807, 2.05) is 18.3 Å². The van der Waals surface area contributed by atoms with Crippen LogP contribution in [0.1, 0.15) is 56.6 Å². The van der Waals surface area contributed by atoms with E-state index in [4.69, 9.17) is 17.0 Å². The van der Waals surface area contributed by atoms with E-state index in [1.165, 1.54) is 44.1 Å². The number of hydrogen-bond donors (Lipinski definition) is 2. The van der Waals surface area contributed by atoms with Crippen LogP contribution in [-0.2, 0) is 0 Å². The lowest BCUT2D eigenvalue weighted by Gasteiger charge is -2.52. The molecule has 0 amide bonds. The standard InChI is InChI=1S/C27H36N4OS/c1-3-18-17-31-14-12-19(18)15-25(31)26(30-27(33)29-20-7-5-4-6-8-20)22-11-13-28-24-10-9-21(32-2)16-23(22)24/h3,9-11,13,16,18-20,25-26H,1,4-8,12,14-15,17H2,2H3,(H2,29,30,33)/t18-,19-,25-,26-/m0/s1. The SMILES string of the molecule is C=C[C@H]1CN2CC[C@H]1C[C@H]2[C@@H](NC(=S)NC1CCCCC1)c1ccnc2ccc(OC)cc12. The fourth-order valence-corrected chi connectivity index (χ4v) is 6.56. The van der Waals surface area contributed by atoms with Crippen molar-refractivity contribution in [3.63, 3.8) is 0 Å². The lowest BCUT2D eigenvalue weighted by molar-refractivity contribution is 0.00426. The average molecular weight is 465 g/mol. The Bertz CT molecular complexity index is 1000. The number of pyridine rings is 1. The number of benzene rings is 1. The van der Waals surface area contributed by atoms with Crippen molar-refractivity contribution in [3.8, 4) is 5.75 Å². The van der Waals surface area contributed by atoms with Gasteiger partial charge in [0.05, 0.1) is 18.7 Å². The van der Waals surface area contributed by atoms with Crippen molar-refractivity contribution in [2.45, 2.75) is 63.1 Å². The van der Waals surface area contributed by atoms with Crippen LogP contribution in [0.25, 0.3) is 10.9 Å². The minimum absolute atomic E-state index is 0.0970. The number of methoxy groups -OCH3 is 1. The van der Waals surface area contributed by atoms with E-state index in [-0.39, 0.29) is 6.04 Å². The van der Waals surface area contributed by atoms with E-state index >= 15 is 0 Å². The molecule has 1 aromatic heterocycles. The predicted octanol–water partition coefficient (Wildman–Crippen LogP) is 4.98. The summed E-state index contributed by atoms with van der Waals surface area (Å²) in [6.45, 7) is 6.34. The van der Waals surface area contributed by atoms with Gasteiger partial charge in [-0.3, -0.25) is 9.88 Å². The monoisotopic (exact) mass is 464 g/mol. The molecule has 6 heteroatoms. The minimum atomic E-state index is 0.0970. The van der Waals surface area contributed by atoms with E-state index < -0.39 is 0 Å². The van der Waals surface area contributed by atoms with Crippen molar-refractivity contribution in [1.29, 1.82) is 0 Å². The number of nitrogens with zero attached hydrogens (tertiary/aromatic N) is 2. The van der Waals surface area contributed by atoms with Gasteiger partial charge in [0, 0.05) is 30.2 Å². The Morgan fingerprint density at radius 1 is 1.24 bits per heavy atom. The zero-order valence-corrected chi connectivity index (χ0v) is 20.4. The maximum atomic E-state index is 5.89. The Kier molecular flexibility index (Phi) is 6.84. The van der Waals surface area contributed by atoms with Crippen LogP contribution in [0.3, 0.4) is 0 Å². The van der Waals surface area contributed by atoms with Crippen molar-refractivity contribution in [2.75, 3.05) is 20.2 Å². The molecule has 4 aliphatic rings. The first-order chi connectivity index (χ1) is 16.2. The first kappa shape index (κ1) is 22.6.